The van der Waals surface area contributed by atoms with Gasteiger partial charge in [0.1, 0.15) is 0 Å². The van der Waals surface area contributed by atoms with Gasteiger partial charge in [-0.05, 0) is 37.1 Å². The minimum absolute atomic E-state index is 0.0848. The highest BCUT2D eigenvalue weighted by atomic mass is 32.2. The average Bonchev–Trinajstić information content (AvgIpc) is 2.35. The number of hydrogen-bond acceptors (Lipinski definition) is 4. The molecule has 1 aromatic carbocycles. The van der Waals surface area contributed by atoms with Crippen LogP contribution in [0.3, 0.4) is 0 Å². The Labute approximate surface area is 120 Å². The lowest BCUT2D eigenvalue weighted by atomic mass is 10.1. The van der Waals surface area contributed by atoms with Crippen LogP contribution in [0.15, 0.2) is 29.2 Å². The zero-order chi connectivity index (χ0) is 15.3. The minimum atomic E-state index is -3.18. The van der Waals surface area contributed by atoms with Gasteiger partial charge in [0.2, 0.25) is 5.91 Å². The summed E-state index contributed by atoms with van der Waals surface area (Å²) in [6, 6.07) is 6.46. The molecule has 0 bridgehead atoms. The number of hydrogen-bond donors (Lipinski definition) is 2. The minimum Gasteiger partial charge on any atom is -0.376 e. The third-order valence-electron chi connectivity index (χ3n) is 3.12. The van der Waals surface area contributed by atoms with Crippen LogP contribution in [0.5, 0.6) is 0 Å². The molecule has 0 saturated carbocycles. The molecule has 1 amide bonds. The lowest BCUT2D eigenvalue weighted by molar-refractivity contribution is -0.120. The van der Waals surface area contributed by atoms with E-state index in [1.54, 1.807) is 12.1 Å². The van der Waals surface area contributed by atoms with Crippen molar-refractivity contribution in [2.24, 2.45) is 5.92 Å². The van der Waals surface area contributed by atoms with E-state index in [1.165, 1.54) is 12.1 Å². The van der Waals surface area contributed by atoms with Gasteiger partial charge < -0.3 is 10.6 Å². The Kier molecular flexibility index (Phi) is 5.56. The summed E-state index contributed by atoms with van der Waals surface area (Å²) >= 11 is 0. The Morgan fingerprint density at radius 2 is 1.70 bits per heavy atom. The van der Waals surface area contributed by atoms with Crippen LogP contribution in [0.25, 0.3) is 0 Å². The Morgan fingerprint density at radius 1 is 1.15 bits per heavy atom. The number of amides is 1. The topological polar surface area (TPSA) is 75.3 Å². The Hall–Kier alpha value is -1.56. The molecule has 6 heteroatoms. The second-order valence-electron chi connectivity index (χ2n) is 5.25. The lowest BCUT2D eigenvalue weighted by Crippen LogP contribution is -2.39. The number of carbonyl (C=O) groups is 1. The zero-order valence-electron chi connectivity index (χ0n) is 12.3. The van der Waals surface area contributed by atoms with Crippen LogP contribution in [-0.2, 0) is 14.6 Å². The number of anilines is 1. The summed E-state index contributed by atoms with van der Waals surface area (Å²) in [5.41, 5.74) is 0.713. The average molecular weight is 298 g/mol. The second kappa shape index (κ2) is 6.74. The van der Waals surface area contributed by atoms with Gasteiger partial charge in [-0.15, -0.1) is 0 Å². The normalized spacial score (nSPS) is 13.1. The largest absolute Gasteiger partial charge is 0.376 e. The highest BCUT2D eigenvalue weighted by molar-refractivity contribution is 7.90. The van der Waals surface area contributed by atoms with Gasteiger partial charge >= 0.3 is 0 Å². The molecule has 20 heavy (non-hydrogen) atoms. The van der Waals surface area contributed by atoms with Crippen LogP contribution >= 0.6 is 0 Å². The van der Waals surface area contributed by atoms with Crippen molar-refractivity contribution in [2.45, 2.75) is 31.7 Å². The molecule has 0 aliphatic heterocycles. The molecular formula is C14H22N2O3S. The van der Waals surface area contributed by atoms with Crippen molar-refractivity contribution in [3.05, 3.63) is 24.3 Å². The summed E-state index contributed by atoms with van der Waals surface area (Å²) in [5, 5.41) is 5.85. The van der Waals surface area contributed by atoms with E-state index in [4.69, 9.17) is 0 Å². The monoisotopic (exact) mass is 298 g/mol. The summed E-state index contributed by atoms with van der Waals surface area (Å²) in [6.45, 7) is 6.21. The first-order valence-electron chi connectivity index (χ1n) is 6.53. The van der Waals surface area contributed by atoms with Crippen LogP contribution in [0, 0.1) is 5.92 Å². The molecule has 0 spiro atoms. The summed E-state index contributed by atoms with van der Waals surface area (Å²) in [6.07, 6.45) is 1.16. The highest BCUT2D eigenvalue weighted by Gasteiger charge is 2.10. The fraction of sp³-hybridized carbons (Fsp3) is 0.500. The van der Waals surface area contributed by atoms with Gasteiger partial charge in [-0.1, -0.05) is 13.8 Å². The molecule has 0 saturated heterocycles. The van der Waals surface area contributed by atoms with Crippen LogP contribution in [0.4, 0.5) is 5.69 Å². The van der Waals surface area contributed by atoms with E-state index in [0.717, 1.165) is 6.26 Å². The van der Waals surface area contributed by atoms with Crippen molar-refractivity contribution in [3.8, 4) is 0 Å². The van der Waals surface area contributed by atoms with Gasteiger partial charge in [-0.25, -0.2) is 8.42 Å². The standard InChI is InChI=1S/C14H22N2O3S/c1-10(2)11(3)16-14(17)9-15-12-5-7-13(8-6-12)20(4,18)19/h5-8,10-11,15H,9H2,1-4H3,(H,16,17). The van der Waals surface area contributed by atoms with E-state index in [1.807, 2.05) is 20.8 Å². The lowest BCUT2D eigenvalue weighted by Gasteiger charge is -2.17. The number of sulfone groups is 1. The van der Waals surface area contributed by atoms with Crippen molar-refractivity contribution >= 4 is 21.4 Å². The van der Waals surface area contributed by atoms with Crippen molar-refractivity contribution in [3.63, 3.8) is 0 Å². The molecule has 112 valence electrons. The molecular weight excluding hydrogens is 276 g/mol. The van der Waals surface area contributed by atoms with Crippen LogP contribution in [0.1, 0.15) is 20.8 Å². The molecule has 0 aliphatic carbocycles. The van der Waals surface area contributed by atoms with Crippen LogP contribution < -0.4 is 10.6 Å². The second-order valence-corrected chi connectivity index (χ2v) is 7.27. The number of rotatable bonds is 6. The van der Waals surface area contributed by atoms with E-state index in [2.05, 4.69) is 10.6 Å². The molecule has 5 nitrogen and oxygen atoms in total. The van der Waals surface area contributed by atoms with Crippen molar-refractivity contribution in [1.82, 2.24) is 5.32 Å². The molecule has 2 N–H and O–H groups in total. The number of carbonyl (C=O) groups excluding carboxylic acids is 1. The summed E-state index contributed by atoms with van der Waals surface area (Å²) < 4.78 is 22.6. The van der Waals surface area contributed by atoms with Gasteiger partial charge in [0.15, 0.2) is 9.84 Å². The van der Waals surface area contributed by atoms with Gasteiger partial charge in [0.05, 0.1) is 11.4 Å². The van der Waals surface area contributed by atoms with Crippen molar-refractivity contribution < 1.29 is 13.2 Å². The molecule has 1 aromatic rings. The number of nitrogens with one attached hydrogen (secondary N) is 2. The van der Waals surface area contributed by atoms with Gasteiger partial charge in [-0.3, -0.25) is 4.79 Å². The maximum absolute atomic E-state index is 11.7. The first kappa shape index (κ1) is 16.5. The fourth-order valence-electron chi connectivity index (χ4n) is 1.47. The van der Waals surface area contributed by atoms with Gasteiger partial charge in [0, 0.05) is 18.0 Å². The van der Waals surface area contributed by atoms with E-state index >= 15 is 0 Å². The third-order valence-corrected chi connectivity index (χ3v) is 4.25. The first-order valence-corrected chi connectivity index (χ1v) is 8.42. The maximum Gasteiger partial charge on any atom is 0.239 e. The molecule has 0 aromatic heterocycles. The Morgan fingerprint density at radius 3 is 2.15 bits per heavy atom. The molecule has 0 aliphatic rings. The van der Waals surface area contributed by atoms with E-state index in [9.17, 15) is 13.2 Å². The smallest absolute Gasteiger partial charge is 0.239 e. The van der Waals surface area contributed by atoms with Crippen LogP contribution in [0.2, 0.25) is 0 Å². The molecule has 1 rings (SSSR count). The van der Waals surface area contributed by atoms with E-state index < -0.39 is 9.84 Å². The zero-order valence-corrected chi connectivity index (χ0v) is 13.1. The fourth-order valence-corrected chi connectivity index (χ4v) is 2.10. The predicted molar refractivity (Wildman–Crippen MR) is 80.5 cm³/mol. The molecule has 1 atom stereocenters. The predicted octanol–water partition coefficient (Wildman–Crippen LogP) is 1.66. The van der Waals surface area contributed by atoms with E-state index in [0.29, 0.717) is 11.6 Å². The third kappa shape index (κ3) is 5.21. The Bertz CT molecular complexity index is 550. The van der Waals surface area contributed by atoms with Crippen molar-refractivity contribution in [1.29, 1.82) is 0 Å². The Balaban J connectivity index is 2.52. The maximum atomic E-state index is 11.7. The summed E-state index contributed by atoms with van der Waals surface area (Å²) in [4.78, 5) is 12.0. The molecule has 0 radical (unpaired) electrons. The van der Waals surface area contributed by atoms with Crippen LogP contribution in [-0.4, -0.2) is 33.2 Å². The van der Waals surface area contributed by atoms with Gasteiger partial charge in [-0.2, -0.15) is 0 Å². The van der Waals surface area contributed by atoms with E-state index in [-0.39, 0.29) is 23.4 Å². The highest BCUT2D eigenvalue weighted by Crippen LogP contribution is 2.13. The quantitative estimate of drug-likeness (QED) is 0.837. The van der Waals surface area contributed by atoms with Gasteiger partial charge in [0.25, 0.3) is 0 Å². The number of benzene rings is 1. The summed E-state index contributed by atoms with van der Waals surface area (Å²) in [5.74, 6) is 0.298. The molecule has 0 fully saturated rings. The molecule has 1 unspecified atom stereocenters. The summed E-state index contributed by atoms with van der Waals surface area (Å²) in [7, 11) is -3.18. The SMILES string of the molecule is CC(C)C(C)NC(=O)CNc1ccc(S(C)(=O)=O)cc1. The van der Waals surface area contributed by atoms with Crippen molar-refractivity contribution in [2.75, 3.05) is 18.1 Å². The molecule has 0 heterocycles. The first-order chi connectivity index (χ1) is 9.20.